The summed E-state index contributed by atoms with van der Waals surface area (Å²) >= 11 is 3.39. The van der Waals surface area contributed by atoms with E-state index in [2.05, 4.69) is 40.2 Å². The Morgan fingerprint density at radius 1 is 1.27 bits per heavy atom. The highest BCUT2D eigenvalue weighted by Crippen LogP contribution is 2.14. The summed E-state index contributed by atoms with van der Waals surface area (Å²) in [5.74, 6) is 0.933. The lowest BCUT2D eigenvalue weighted by Crippen LogP contribution is -2.05. The second-order valence-electron chi connectivity index (χ2n) is 3.62. The molecule has 0 bridgehead atoms. The van der Waals surface area contributed by atoms with E-state index in [-0.39, 0.29) is 6.10 Å². The van der Waals surface area contributed by atoms with Gasteiger partial charge in [0.05, 0.1) is 6.10 Å². The van der Waals surface area contributed by atoms with Crippen molar-refractivity contribution in [2.24, 2.45) is 0 Å². The van der Waals surface area contributed by atoms with Crippen LogP contribution in [0.3, 0.4) is 0 Å². The van der Waals surface area contributed by atoms with E-state index in [0.29, 0.717) is 0 Å². The summed E-state index contributed by atoms with van der Waals surface area (Å²) in [4.78, 5) is 0. The molecular formula is C13H17BrO. The van der Waals surface area contributed by atoms with Crippen molar-refractivity contribution in [3.63, 3.8) is 0 Å². The summed E-state index contributed by atoms with van der Waals surface area (Å²) in [5, 5.41) is 1.01. The van der Waals surface area contributed by atoms with Crippen LogP contribution < -0.4 is 4.74 Å². The molecule has 0 atom stereocenters. The molecule has 0 unspecified atom stereocenters. The molecule has 2 heteroatoms. The number of rotatable bonds is 5. The summed E-state index contributed by atoms with van der Waals surface area (Å²) in [6, 6.07) is 8.16. The van der Waals surface area contributed by atoms with E-state index >= 15 is 0 Å². The molecule has 1 rings (SSSR count). The van der Waals surface area contributed by atoms with E-state index in [0.717, 1.165) is 17.5 Å². The van der Waals surface area contributed by atoms with Gasteiger partial charge in [-0.05, 0) is 38.0 Å². The van der Waals surface area contributed by atoms with Gasteiger partial charge >= 0.3 is 0 Å². The maximum Gasteiger partial charge on any atom is 0.119 e. The summed E-state index contributed by atoms with van der Waals surface area (Å²) < 4.78 is 5.56. The van der Waals surface area contributed by atoms with Crippen molar-refractivity contribution in [2.45, 2.75) is 26.4 Å². The maximum atomic E-state index is 5.56. The van der Waals surface area contributed by atoms with Crippen LogP contribution in [0, 0.1) is 0 Å². The van der Waals surface area contributed by atoms with Gasteiger partial charge in [-0.25, -0.2) is 0 Å². The SMILES string of the molecule is CC(C)Oc1ccc(C=CCCBr)cc1. The molecule has 82 valence electrons. The number of ether oxygens (including phenoxy) is 1. The second-order valence-corrected chi connectivity index (χ2v) is 4.41. The van der Waals surface area contributed by atoms with Gasteiger partial charge in [0.2, 0.25) is 0 Å². The molecule has 0 heterocycles. The Balaban J connectivity index is 2.56. The molecule has 0 aliphatic heterocycles. The van der Waals surface area contributed by atoms with Crippen molar-refractivity contribution in [2.75, 3.05) is 5.33 Å². The Labute approximate surface area is 100 Å². The predicted molar refractivity (Wildman–Crippen MR) is 69.7 cm³/mol. The lowest BCUT2D eigenvalue weighted by atomic mass is 10.2. The molecule has 0 aliphatic rings. The van der Waals surface area contributed by atoms with Crippen molar-refractivity contribution in [1.82, 2.24) is 0 Å². The van der Waals surface area contributed by atoms with Crippen LogP contribution in [0.2, 0.25) is 0 Å². The highest BCUT2D eigenvalue weighted by molar-refractivity contribution is 9.09. The average Bonchev–Trinajstić information content (AvgIpc) is 2.20. The van der Waals surface area contributed by atoms with Crippen LogP contribution in [0.1, 0.15) is 25.8 Å². The van der Waals surface area contributed by atoms with Gasteiger partial charge in [-0.2, -0.15) is 0 Å². The van der Waals surface area contributed by atoms with Gasteiger partial charge in [0, 0.05) is 5.33 Å². The van der Waals surface area contributed by atoms with Crippen molar-refractivity contribution in [1.29, 1.82) is 0 Å². The molecule has 0 spiro atoms. The minimum Gasteiger partial charge on any atom is -0.491 e. The van der Waals surface area contributed by atoms with Crippen LogP contribution in [-0.2, 0) is 0 Å². The second kappa shape index (κ2) is 6.67. The monoisotopic (exact) mass is 268 g/mol. The third-order valence-corrected chi connectivity index (χ3v) is 2.30. The van der Waals surface area contributed by atoms with E-state index < -0.39 is 0 Å². The molecule has 1 aromatic rings. The van der Waals surface area contributed by atoms with Crippen molar-refractivity contribution < 1.29 is 4.74 Å². The zero-order valence-electron chi connectivity index (χ0n) is 9.24. The number of hydrogen-bond acceptors (Lipinski definition) is 1. The quantitative estimate of drug-likeness (QED) is 0.725. The lowest BCUT2D eigenvalue weighted by Gasteiger charge is -2.09. The van der Waals surface area contributed by atoms with Crippen LogP contribution >= 0.6 is 15.9 Å². The van der Waals surface area contributed by atoms with Gasteiger partial charge in [-0.15, -0.1) is 0 Å². The summed E-state index contributed by atoms with van der Waals surface area (Å²) in [7, 11) is 0. The average molecular weight is 269 g/mol. The summed E-state index contributed by atoms with van der Waals surface area (Å²) in [6.07, 6.45) is 5.58. The largest absolute Gasteiger partial charge is 0.491 e. The maximum absolute atomic E-state index is 5.56. The number of alkyl halides is 1. The first-order chi connectivity index (χ1) is 7.22. The minimum absolute atomic E-state index is 0.236. The molecule has 1 nitrogen and oxygen atoms in total. The highest BCUT2D eigenvalue weighted by Gasteiger charge is 1.95. The molecule has 0 amide bonds. The Morgan fingerprint density at radius 2 is 1.93 bits per heavy atom. The predicted octanol–water partition coefficient (Wildman–Crippen LogP) is 4.27. The lowest BCUT2D eigenvalue weighted by molar-refractivity contribution is 0.242. The van der Waals surface area contributed by atoms with Crippen LogP contribution in [0.4, 0.5) is 0 Å². The normalized spacial score (nSPS) is 11.2. The number of benzene rings is 1. The molecule has 0 aliphatic carbocycles. The minimum atomic E-state index is 0.236. The molecule has 0 aromatic heterocycles. The molecule has 0 radical (unpaired) electrons. The molecule has 0 saturated heterocycles. The molecule has 1 aromatic carbocycles. The summed E-state index contributed by atoms with van der Waals surface area (Å²) in [5.41, 5.74) is 1.21. The number of hydrogen-bond donors (Lipinski definition) is 0. The van der Waals surface area contributed by atoms with Crippen molar-refractivity contribution >= 4 is 22.0 Å². The first kappa shape index (κ1) is 12.3. The fourth-order valence-corrected chi connectivity index (χ4v) is 1.48. The Morgan fingerprint density at radius 3 is 2.47 bits per heavy atom. The van der Waals surface area contributed by atoms with E-state index in [1.54, 1.807) is 0 Å². The topological polar surface area (TPSA) is 9.23 Å². The third kappa shape index (κ3) is 5.03. The van der Waals surface area contributed by atoms with Crippen LogP contribution in [0.5, 0.6) is 5.75 Å². The van der Waals surface area contributed by atoms with Crippen molar-refractivity contribution in [3.05, 3.63) is 35.9 Å². The number of allylic oxidation sites excluding steroid dienone is 1. The number of halogens is 1. The Hall–Kier alpha value is -0.760. The van der Waals surface area contributed by atoms with Crippen LogP contribution in [0.25, 0.3) is 6.08 Å². The summed E-state index contributed by atoms with van der Waals surface area (Å²) in [6.45, 7) is 4.06. The van der Waals surface area contributed by atoms with Gasteiger partial charge in [0.15, 0.2) is 0 Å². The van der Waals surface area contributed by atoms with Gasteiger partial charge < -0.3 is 4.74 Å². The molecule has 0 saturated carbocycles. The first-order valence-electron chi connectivity index (χ1n) is 5.21. The molecular weight excluding hydrogens is 252 g/mol. The Kier molecular flexibility index (Phi) is 5.48. The Bertz CT molecular complexity index is 301. The molecule has 0 fully saturated rings. The third-order valence-electron chi connectivity index (χ3n) is 1.84. The van der Waals surface area contributed by atoms with Gasteiger partial charge in [-0.3, -0.25) is 0 Å². The van der Waals surface area contributed by atoms with Gasteiger partial charge in [0.1, 0.15) is 5.75 Å². The van der Waals surface area contributed by atoms with Gasteiger partial charge in [0.25, 0.3) is 0 Å². The van der Waals surface area contributed by atoms with E-state index in [9.17, 15) is 0 Å². The zero-order valence-corrected chi connectivity index (χ0v) is 10.8. The van der Waals surface area contributed by atoms with Crippen molar-refractivity contribution in [3.8, 4) is 5.75 Å². The van der Waals surface area contributed by atoms with E-state index in [4.69, 9.17) is 4.74 Å². The highest BCUT2D eigenvalue weighted by atomic mass is 79.9. The molecule has 15 heavy (non-hydrogen) atoms. The fourth-order valence-electron chi connectivity index (χ4n) is 1.21. The van der Waals surface area contributed by atoms with Crippen LogP contribution in [-0.4, -0.2) is 11.4 Å². The molecule has 0 N–H and O–H groups in total. The fraction of sp³-hybridized carbons (Fsp3) is 0.385. The first-order valence-corrected chi connectivity index (χ1v) is 6.33. The standard InChI is InChI=1S/C13H17BrO/c1-11(2)15-13-8-6-12(7-9-13)5-3-4-10-14/h3,5-9,11H,4,10H2,1-2H3. The van der Waals surface area contributed by atoms with E-state index in [1.165, 1.54) is 5.56 Å². The van der Waals surface area contributed by atoms with E-state index in [1.807, 2.05) is 26.0 Å². The van der Waals surface area contributed by atoms with Crippen LogP contribution in [0.15, 0.2) is 30.3 Å². The van der Waals surface area contributed by atoms with Gasteiger partial charge in [-0.1, -0.05) is 40.2 Å². The smallest absolute Gasteiger partial charge is 0.119 e. The zero-order chi connectivity index (χ0) is 11.1.